The van der Waals surface area contributed by atoms with Gasteiger partial charge in [0.2, 0.25) is 0 Å². The topological polar surface area (TPSA) is 38.8 Å². The number of nitrogens with zero attached hydrogens (tertiary/aromatic N) is 1. The summed E-state index contributed by atoms with van der Waals surface area (Å²) in [6.45, 7) is 1.99. The number of rotatable bonds is 5. The lowest BCUT2D eigenvalue weighted by molar-refractivity contribution is 0.0724. The number of hydrogen-bond acceptors (Lipinski definition) is 3. The Hall–Kier alpha value is -2.20. The largest absolute Gasteiger partial charge is 0.493 e. The molecule has 1 aliphatic rings. The van der Waals surface area contributed by atoms with Crippen LogP contribution < -0.4 is 9.47 Å². The second-order valence-corrected chi connectivity index (χ2v) is 6.51. The van der Waals surface area contributed by atoms with Gasteiger partial charge in [0.1, 0.15) is 6.61 Å². The van der Waals surface area contributed by atoms with Gasteiger partial charge in [0.25, 0.3) is 5.91 Å². The Morgan fingerprint density at radius 2 is 1.84 bits per heavy atom. The molecule has 1 aliphatic heterocycles. The molecule has 0 N–H and O–H groups in total. The maximum Gasteiger partial charge on any atom is 0.253 e. The molecule has 5 heteroatoms. The average Bonchev–Trinajstić information content (AvgIpc) is 2.67. The monoisotopic (exact) mass is 359 g/mol. The standard InChI is InChI=1S/C20H22ClNO3/c1-24-19-13-15(20(23)22-11-5-2-6-12-22)9-10-18(19)25-14-16-7-3-4-8-17(16)21/h3-4,7-10,13H,2,5-6,11-12,14H2,1H3. The fourth-order valence-corrected chi connectivity index (χ4v) is 3.16. The average molecular weight is 360 g/mol. The summed E-state index contributed by atoms with van der Waals surface area (Å²) in [4.78, 5) is 14.5. The molecule has 2 aromatic carbocycles. The molecular formula is C20H22ClNO3. The number of carbonyl (C=O) groups excluding carboxylic acids is 1. The van der Waals surface area contributed by atoms with E-state index in [2.05, 4.69) is 0 Å². The summed E-state index contributed by atoms with van der Waals surface area (Å²) in [6.07, 6.45) is 3.34. The van der Waals surface area contributed by atoms with Gasteiger partial charge in [0.05, 0.1) is 7.11 Å². The molecule has 1 amide bonds. The molecule has 1 heterocycles. The molecule has 0 aliphatic carbocycles. The highest BCUT2D eigenvalue weighted by Crippen LogP contribution is 2.30. The molecule has 0 unspecified atom stereocenters. The van der Waals surface area contributed by atoms with Crippen LogP contribution in [0.3, 0.4) is 0 Å². The lowest BCUT2D eigenvalue weighted by Crippen LogP contribution is -2.35. The van der Waals surface area contributed by atoms with Crippen LogP contribution in [0.2, 0.25) is 5.02 Å². The minimum absolute atomic E-state index is 0.0515. The fraction of sp³-hybridized carbons (Fsp3) is 0.350. The minimum atomic E-state index is 0.0515. The van der Waals surface area contributed by atoms with Crippen molar-refractivity contribution in [2.75, 3.05) is 20.2 Å². The molecule has 2 aromatic rings. The minimum Gasteiger partial charge on any atom is -0.493 e. The summed E-state index contributed by atoms with van der Waals surface area (Å²) >= 11 is 6.16. The van der Waals surface area contributed by atoms with Crippen LogP contribution in [0.5, 0.6) is 11.5 Å². The summed E-state index contributed by atoms with van der Waals surface area (Å²) in [5.74, 6) is 1.20. The molecule has 132 valence electrons. The van der Waals surface area contributed by atoms with Gasteiger partial charge in [0, 0.05) is 29.2 Å². The second-order valence-electron chi connectivity index (χ2n) is 6.10. The van der Waals surface area contributed by atoms with Crippen molar-refractivity contribution in [3.63, 3.8) is 0 Å². The van der Waals surface area contributed by atoms with Gasteiger partial charge in [-0.25, -0.2) is 0 Å². The molecule has 3 rings (SSSR count). The van der Waals surface area contributed by atoms with Crippen molar-refractivity contribution in [3.05, 3.63) is 58.6 Å². The Bertz CT molecular complexity index is 741. The van der Waals surface area contributed by atoms with Gasteiger partial charge in [0.15, 0.2) is 11.5 Å². The van der Waals surface area contributed by atoms with E-state index in [1.54, 1.807) is 25.3 Å². The predicted molar refractivity (Wildman–Crippen MR) is 98.5 cm³/mol. The van der Waals surface area contributed by atoms with Crippen molar-refractivity contribution in [1.82, 2.24) is 4.90 Å². The van der Waals surface area contributed by atoms with Crippen molar-refractivity contribution in [1.29, 1.82) is 0 Å². The number of piperidine rings is 1. The zero-order valence-electron chi connectivity index (χ0n) is 14.3. The maximum absolute atomic E-state index is 12.6. The van der Waals surface area contributed by atoms with E-state index in [1.165, 1.54) is 6.42 Å². The van der Waals surface area contributed by atoms with Crippen molar-refractivity contribution in [3.8, 4) is 11.5 Å². The summed E-state index contributed by atoms with van der Waals surface area (Å²) in [7, 11) is 1.58. The van der Waals surface area contributed by atoms with Crippen LogP contribution in [0.25, 0.3) is 0 Å². The highest BCUT2D eigenvalue weighted by molar-refractivity contribution is 6.31. The van der Waals surface area contributed by atoms with Gasteiger partial charge < -0.3 is 14.4 Å². The first-order chi connectivity index (χ1) is 12.2. The molecule has 0 radical (unpaired) electrons. The second kappa shape index (κ2) is 8.26. The third-order valence-corrected chi connectivity index (χ3v) is 4.76. The van der Waals surface area contributed by atoms with Crippen molar-refractivity contribution in [2.45, 2.75) is 25.9 Å². The Labute approximate surface area is 153 Å². The highest BCUT2D eigenvalue weighted by Gasteiger charge is 2.19. The van der Waals surface area contributed by atoms with Gasteiger partial charge in [-0.1, -0.05) is 29.8 Å². The molecule has 0 saturated carbocycles. The van der Waals surface area contributed by atoms with Crippen LogP contribution in [-0.2, 0) is 6.61 Å². The van der Waals surface area contributed by atoms with Crippen molar-refractivity contribution in [2.24, 2.45) is 0 Å². The van der Waals surface area contributed by atoms with E-state index in [0.29, 0.717) is 28.7 Å². The number of hydrogen-bond donors (Lipinski definition) is 0. The van der Waals surface area contributed by atoms with Crippen LogP contribution in [0.1, 0.15) is 35.2 Å². The Kier molecular flexibility index (Phi) is 5.82. The highest BCUT2D eigenvalue weighted by atomic mass is 35.5. The van der Waals surface area contributed by atoms with Gasteiger partial charge in [-0.15, -0.1) is 0 Å². The molecule has 25 heavy (non-hydrogen) atoms. The molecule has 1 fully saturated rings. The zero-order valence-corrected chi connectivity index (χ0v) is 15.1. The van der Waals surface area contributed by atoms with Gasteiger partial charge in [-0.05, 0) is 43.5 Å². The van der Waals surface area contributed by atoms with E-state index >= 15 is 0 Å². The zero-order chi connectivity index (χ0) is 17.6. The van der Waals surface area contributed by atoms with Crippen LogP contribution in [0.15, 0.2) is 42.5 Å². The van der Waals surface area contributed by atoms with E-state index in [4.69, 9.17) is 21.1 Å². The fourth-order valence-electron chi connectivity index (χ4n) is 2.97. The van der Waals surface area contributed by atoms with Crippen molar-refractivity contribution >= 4 is 17.5 Å². The number of amides is 1. The Balaban J connectivity index is 1.73. The molecule has 0 atom stereocenters. The molecule has 0 aromatic heterocycles. The van der Waals surface area contributed by atoms with Gasteiger partial charge >= 0.3 is 0 Å². The first-order valence-corrected chi connectivity index (χ1v) is 8.90. The first kappa shape index (κ1) is 17.6. The van der Waals surface area contributed by atoms with E-state index in [1.807, 2.05) is 29.2 Å². The van der Waals surface area contributed by atoms with E-state index in [-0.39, 0.29) is 5.91 Å². The third kappa shape index (κ3) is 4.26. The summed E-state index contributed by atoms with van der Waals surface area (Å²) in [5.41, 5.74) is 1.53. The summed E-state index contributed by atoms with van der Waals surface area (Å²) in [5, 5.41) is 0.665. The number of benzene rings is 2. The van der Waals surface area contributed by atoms with Crippen LogP contribution in [0.4, 0.5) is 0 Å². The van der Waals surface area contributed by atoms with E-state index in [9.17, 15) is 4.79 Å². The quantitative estimate of drug-likeness (QED) is 0.785. The molecular weight excluding hydrogens is 338 g/mol. The normalized spacial score (nSPS) is 14.2. The summed E-state index contributed by atoms with van der Waals surface area (Å²) in [6, 6.07) is 12.9. The summed E-state index contributed by atoms with van der Waals surface area (Å²) < 4.78 is 11.3. The number of methoxy groups -OCH3 is 1. The number of carbonyl (C=O) groups is 1. The first-order valence-electron chi connectivity index (χ1n) is 8.52. The van der Waals surface area contributed by atoms with E-state index in [0.717, 1.165) is 31.5 Å². The van der Waals surface area contributed by atoms with Gasteiger partial charge in [-0.2, -0.15) is 0 Å². The SMILES string of the molecule is COc1cc(C(=O)N2CCCCC2)ccc1OCc1ccccc1Cl. The number of ether oxygens (including phenoxy) is 2. The van der Waals surface area contributed by atoms with Gasteiger partial charge in [-0.3, -0.25) is 4.79 Å². The van der Waals surface area contributed by atoms with Crippen LogP contribution in [-0.4, -0.2) is 31.0 Å². The molecule has 1 saturated heterocycles. The smallest absolute Gasteiger partial charge is 0.253 e. The molecule has 0 spiro atoms. The number of halogens is 1. The lowest BCUT2D eigenvalue weighted by Gasteiger charge is -2.27. The third-order valence-electron chi connectivity index (χ3n) is 4.39. The maximum atomic E-state index is 12.6. The molecule has 4 nitrogen and oxygen atoms in total. The Morgan fingerprint density at radius 3 is 2.56 bits per heavy atom. The Morgan fingerprint density at radius 1 is 1.08 bits per heavy atom. The van der Waals surface area contributed by atoms with E-state index < -0.39 is 0 Å². The predicted octanol–water partition coefficient (Wildman–Crippen LogP) is 4.55. The van der Waals surface area contributed by atoms with Crippen molar-refractivity contribution < 1.29 is 14.3 Å². The molecule has 0 bridgehead atoms. The number of likely N-dealkylation sites (tertiary alicyclic amines) is 1. The van der Waals surface area contributed by atoms with Crippen LogP contribution in [0, 0.1) is 0 Å². The lowest BCUT2D eigenvalue weighted by atomic mass is 10.1. The van der Waals surface area contributed by atoms with Crippen LogP contribution >= 0.6 is 11.6 Å².